The van der Waals surface area contributed by atoms with Crippen molar-refractivity contribution < 1.29 is 4.74 Å². The largest absolute Gasteiger partial charge is 0.497 e. The van der Waals surface area contributed by atoms with E-state index in [9.17, 15) is 0 Å². The summed E-state index contributed by atoms with van der Waals surface area (Å²) in [6.07, 6.45) is 1.15. The van der Waals surface area contributed by atoms with Crippen molar-refractivity contribution in [3.05, 3.63) is 53.6 Å². The van der Waals surface area contributed by atoms with E-state index in [1.54, 1.807) is 7.11 Å². The summed E-state index contributed by atoms with van der Waals surface area (Å²) in [4.78, 5) is 2.48. The molecule has 1 unspecified atom stereocenters. The summed E-state index contributed by atoms with van der Waals surface area (Å²) < 4.78 is 5.30. The molecule has 0 saturated carbocycles. The molecular weight excluding hydrogens is 270 g/mol. The van der Waals surface area contributed by atoms with Crippen LogP contribution in [0.25, 0.3) is 0 Å². The van der Waals surface area contributed by atoms with Crippen LogP contribution in [0.5, 0.6) is 5.75 Å². The Morgan fingerprint density at radius 1 is 1.09 bits per heavy atom. The Morgan fingerprint density at radius 3 is 2.41 bits per heavy atom. The average molecular weight is 295 g/mol. The van der Waals surface area contributed by atoms with E-state index in [-0.39, 0.29) is 5.54 Å². The second-order valence-corrected chi connectivity index (χ2v) is 7.01. The second-order valence-electron chi connectivity index (χ2n) is 7.01. The third-order valence-corrected chi connectivity index (χ3v) is 4.70. The summed E-state index contributed by atoms with van der Waals surface area (Å²) >= 11 is 0. The molecule has 1 aliphatic rings. The standard InChI is InChI=1S/C20H25NO/c1-14-6-11-18-15(2)13-20(3,4)21(19(18)12-14)16-7-9-17(22-5)10-8-16/h6-12,15H,13H2,1-5H3. The van der Waals surface area contributed by atoms with Crippen LogP contribution in [0.2, 0.25) is 0 Å². The minimum Gasteiger partial charge on any atom is -0.497 e. The van der Waals surface area contributed by atoms with Crippen molar-refractivity contribution in [1.82, 2.24) is 0 Å². The number of aryl methyl sites for hydroxylation is 1. The highest BCUT2D eigenvalue weighted by Crippen LogP contribution is 2.47. The lowest BCUT2D eigenvalue weighted by atomic mass is 9.79. The van der Waals surface area contributed by atoms with E-state index < -0.39 is 0 Å². The molecule has 2 aromatic carbocycles. The lowest BCUT2D eigenvalue weighted by Gasteiger charge is -2.47. The highest BCUT2D eigenvalue weighted by molar-refractivity contribution is 5.72. The Labute approximate surface area is 133 Å². The number of rotatable bonds is 2. The first-order chi connectivity index (χ1) is 10.4. The molecule has 0 saturated heterocycles. The lowest BCUT2D eigenvalue weighted by Crippen LogP contribution is -2.45. The molecule has 0 N–H and O–H groups in total. The van der Waals surface area contributed by atoms with Crippen LogP contribution in [-0.2, 0) is 0 Å². The third kappa shape index (κ3) is 2.47. The average Bonchev–Trinajstić information content (AvgIpc) is 2.46. The van der Waals surface area contributed by atoms with E-state index in [0.29, 0.717) is 5.92 Å². The van der Waals surface area contributed by atoms with Crippen molar-refractivity contribution in [3.8, 4) is 5.75 Å². The van der Waals surface area contributed by atoms with Crippen LogP contribution in [-0.4, -0.2) is 12.6 Å². The summed E-state index contributed by atoms with van der Waals surface area (Å²) in [5, 5.41) is 0. The van der Waals surface area contributed by atoms with Gasteiger partial charge in [0.05, 0.1) is 7.11 Å². The van der Waals surface area contributed by atoms with Crippen LogP contribution < -0.4 is 9.64 Å². The molecule has 3 rings (SSSR count). The molecule has 0 aliphatic carbocycles. The number of methoxy groups -OCH3 is 1. The smallest absolute Gasteiger partial charge is 0.119 e. The van der Waals surface area contributed by atoms with Crippen LogP contribution in [0.1, 0.15) is 44.2 Å². The number of hydrogen-bond acceptors (Lipinski definition) is 2. The second kappa shape index (κ2) is 5.35. The molecule has 0 bridgehead atoms. The molecule has 0 radical (unpaired) electrons. The van der Waals surface area contributed by atoms with Gasteiger partial charge in [-0.05, 0) is 74.6 Å². The molecule has 0 amide bonds. The maximum atomic E-state index is 5.30. The van der Waals surface area contributed by atoms with E-state index in [1.807, 2.05) is 12.1 Å². The molecule has 116 valence electrons. The van der Waals surface area contributed by atoms with Gasteiger partial charge in [-0.2, -0.15) is 0 Å². The van der Waals surface area contributed by atoms with Crippen LogP contribution in [0, 0.1) is 6.92 Å². The zero-order chi connectivity index (χ0) is 15.9. The number of nitrogens with zero attached hydrogens (tertiary/aromatic N) is 1. The first kappa shape index (κ1) is 15.0. The van der Waals surface area contributed by atoms with Crippen molar-refractivity contribution in [2.45, 2.75) is 45.6 Å². The van der Waals surface area contributed by atoms with Crippen molar-refractivity contribution in [1.29, 1.82) is 0 Å². The predicted molar refractivity (Wildman–Crippen MR) is 93.4 cm³/mol. The van der Waals surface area contributed by atoms with Gasteiger partial charge < -0.3 is 9.64 Å². The van der Waals surface area contributed by atoms with Crippen molar-refractivity contribution >= 4 is 11.4 Å². The third-order valence-electron chi connectivity index (χ3n) is 4.70. The summed E-state index contributed by atoms with van der Waals surface area (Å²) in [5.74, 6) is 1.48. The Morgan fingerprint density at radius 2 is 1.77 bits per heavy atom. The van der Waals surface area contributed by atoms with Crippen LogP contribution >= 0.6 is 0 Å². The topological polar surface area (TPSA) is 12.5 Å². The monoisotopic (exact) mass is 295 g/mol. The predicted octanol–water partition coefficient (Wildman–Crippen LogP) is 5.43. The fraction of sp³-hybridized carbons (Fsp3) is 0.400. The minimum absolute atomic E-state index is 0.0921. The maximum Gasteiger partial charge on any atom is 0.119 e. The van der Waals surface area contributed by atoms with E-state index in [4.69, 9.17) is 4.74 Å². The van der Waals surface area contributed by atoms with Gasteiger partial charge in [-0.15, -0.1) is 0 Å². The van der Waals surface area contributed by atoms with Crippen LogP contribution in [0.15, 0.2) is 42.5 Å². The van der Waals surface area contributed by atoms with Crippen LogP contribution in [0.4, 0.5) is 11.4 Å². The van der Waals surface area contributed by atoms with E-state index in [2.05, 4.69) is 62.9 Å². The quantitative estimate of drug-likeness (QED) is 0.732. The molecule has 2 nitrogen and oxygen atoms in total. The molecule has 1 heterocycles. The molecule has 1 atom stereocenters. The highest BCUT2D eigenvalue weighted by atomic mass is 16.5. The fourth-order valence-corrected chi connectivity index (χ4v) is 3.76. The fourth-order valence-electron chi connectivity index (χ4n) is 3.76. The first-order valence-electron chi connectivity index (χ1n) is 7.97. The summed E-state index contributed by atoms with van der Waals surface area (Å²) in [6, 6.07) is 15.2. The van der Waals surface area contributed by atoms with E-state index in [1.165, 1.54) is 22.5 Å². The van der Waals surface area contributed by atoms with Gasteiger partial charge in [0.2, 0.25) is 0 Å². The van der Waals surface area contributed by atoms with Gasteiger partial charge in [0.1, 0.15) is 5.75 Å². The molecule has 22 heavy (non-hydrogen) atoms. The molecule has 0 aromatic heterocycles. The van der Waals surface area contributed by atoms with Crippen molar-refractivity contribution in [2.75, 3.05) is 12.0 Å². The zero-order valence-electron chi connectivity index (χ0n) is 14.2. The van der Waals surface area contributed by atoms with Gasteiger partial charge in [0.25, 0.3) is 0 Å². The van der Waals surface area contributed by atoms with Crippen molar-refractivity contribution in [3.63, 3.8) is 0 Å². The van der Waals surface area contributed by atoms with E-state index in [0.717, 1.165) is 12.2 Å². The SMILES string of the molecule is COc1ccc(N2c3cc(C)ccc3C(C)CC2(C)C)cc1. The zero-order valence-corrected chi connectivity index (χ0v) is 14.2. The molecule has 2 heteroatoms. The summed E-state index contributed by atoms with van der Waals surface area (Å²) in [6.45, 7) is 9.16. The summed E-state index contributed by atoms with van der Waals surface area (Å²) in [7, 11) is 1.71. The molecular formula is C20H25NO. The number of hydrogen-bond donors (Lipinski definition) is 0. The Balaban J connectivity index is 2.15. The van der Waals surface area contributed by atoms with Gasteiger partial charge in [-0.1, -0.05) is 19.1 Å². The lowest BCUT2D eigenvalue weighted by molar-refractivity contribution is 0.406. The normalized spacial score (nSPS) is 19.7. The first-order valence-corrected chi connectivity index (χ1v) is 7.97. The van der Waals surface area contributed by atoms with Gasteiger partial charge in [0, 0.05) is 16.9 Å². The Hall–Kier alpha value is -1.96. The van der Waals surface area contributed by atoms with Crippen molar-refractivity contribution in [2.24, 2.45) is 0 Å². The number of benzene rings is 2. The van der Waals surface area contributed by atoms with Crippen LogP contribution in [0.3, 0.4) is 0 Å². The molecule has 2 aromatic rings. The summed E-state index contributed by atoms with van der Waals surface area (Å²) in [5.41, 5.74) is 5.41. The van der Waals surface area contributed by atoms with Gasteiger partial charge in [-0.3, -0.25) is 0 Å². The number of fused-ring (bicyclic) bond motifs is 1. The van der Waals surface area contributed by atoms with Gasteiger partial charge in [0.15, 0.2) is 0 Å². The maximum absolute atomic E-state index is 5.30. The van der Waals surface area contributed by atoms with E-state index >= 15 is 0 Å². The number of ether oxygens (including phenoxy) is 1. The Kier molecular flexibility index (Phi) is 3.64. The van der Waals surface area contributed by atoms with Gasteiger partial charge in [-0.25, -0.2) is 0 Å². The minimum atomic E-state index is 0.0921. The highest BCUT2D eigenvalue weighted by Gasteiger charge is 2.37. The number of anilines is 2. The molecule has 0 fully saturated rings. The molecule has 0 spiro atoms. The van der Waals surface area contributed by atoms with Gasteiger partial charge >= 0.3 is 0 Å². The Bertz CT molecular complexity index is 673. The molecule has 1 aliphatic heterocycles.